The van der Waals surface area contributed by atoms with E-state index in [1.54, 1.807) is 27.2 Å². The van der Waals surface area contributed by atoms with Gasteiger partial charge in [-0.1, -0.05) is 30.3 Å². The molecule has 2 aromatic carbocycles. The first-order chi connectivity index (χ1) is 13.1. The number of hydrogen-bond acceptors (Lipinski definition) is 5. The first-order valence-electron chi connectivity index (χ1n) is 8.93. The third-order valence-electron chi connectivity index (χ3n) is 4.87. The lowest BCUT2D eigenvalue weighted by molar-refractivity contribution is -0.150. The van der Waals surface area contributed by atoms with Gasteiger partial charge in [0.05, 0.1) is 32.8 Å². The summed E-state index contributed by atoms with van der Waals surface area (Å²) in [7, 11) is 3.23. The molecule has 0 saturated heterocycles. The molecule has 0 spiro atoms. The number of rotatable bonds is 6. The van der Waals surface area contributed by atoms with Gasteiger partial charge in [0.2, 0.25) is 0 Å². The Hall–Kier alpha value is -2.79. The zero-order valence-electron chi connectivity index (χ0n) is 15.7. The van der Waals surface area contributed by atoms with Crippen LogP contribution in [0.4, 0.5) is 0 Å². The van der Waals surface area contributed by atoms with Gasteiger partial charge in [-0.2, -0.15) is 0 Å². The van der Waals surface area contributed by atoms with Gasteiger partial charge in [0, 0.05) is 5.92 Å². The molecular formula is C22H24O5. The van der Waals surface area contributed by atoms with Crippen molar-refractivity contribution in [2.45, 2.75) is 18.9 Å². The standard InChI is InChI=1S/C22H24O5/c1-4-27-22(24)21-19(23)13-18(14-5-9-16(25-2)10-6-14)20(21)15-7-11-17(26-3)12-8-15/h5-13,19-21,23H,4H2,1-3H3/t19-,20+,21+/m1/s1. The van der Waals surface area contributed by atoms with Crippen LogP contribution in [0.25, 0.3) is 5.57 Å². The van der Waals surface area contributed by atoms with Crippen LogP contribution in [0.3, 0.4) is 0 Å². The molecule has 1 aliphatic rings. The molecule has 0 radical (unpaired) electrons. The van der Waals surface area contributed by atoms with E-state index in [2.05, 4.69) is 0 Å². The first kappa shape index (κ1) is 19.0. The Bertz CT molecular complexity index is 808. The Morgan fingerprint density at radius 3 is 2.04 bits per heavy atom. The highest BCUT2D eigenvalue weighted by Gasteiger charge is 2.43. The van der Waals surface area contributed by atoms with Crippen LogP contribution < -0.4 is 9.47 Å². The summed E-state index contributed by atoms with van der Waals surface area (Å²) in [5, 5.41) is 10.6. The van der Waals surface area contributed by atoms with Gasteiger partial charge in [0.1, 0.15) is 11.5 Å². The fourth-order valence-electron chi connectivity index (χ4n) is 3.55. The van der Waals surface area contributed by atoms with E-state index in [9.17, 15) is 9.90 Å². The van der Waals surface area contributed by atoms with Crippen LogP contribution in [0.1, 0.15) is 24.0 Å². The van der Waals surface area contributed by atoms with Crippen LogP contribution in [0, 0.1) is 5.92 Å². The van der Waals surface area contributed by atoms with Crippen LogP contribution >= 0.6 is 0 Å². The molecule has 1 N–H and O–H groups in total. The Balaban J connectivity index is 2.03. The maximum atomic E-state index is 12.6. The molecule has 0 unspecified atom stereocenters. The van der Waals surface area contributed by atoms with Crippen molar-refractivity contribution in [2.75, 3.05) is 20.8 Å². The molecule has 0 amide bonds. The topological polar surface area (TPSA) is 65.0 Å². The van der Waals surface area contributed by atoms with E-state index in [4.69, 9.17) is 14.2 Å². The molecule has 0 saturated carbocycles. The summed E-state index contributed by atoms with van der Waals surface area (Å²) >= 11 is 0. The monoisotopic (exact) mass is 368 g/mol. The fraction of sp³-hybridized carbons (Fsp3) is 0.318. The number of carbonyl (C=O) groups is 1. The lowest BCUT2D eigenvalue weighted by atomic mass is 9.81. The third-order valence-corrected chi connectivity index (χ3v) is 4.87. The molecule has 0 aliphatic heterocycles. The van der Waals surface area contributed by atoms with Gasteiger partial charge in [0.25, 0.3) is 0 Å². The average Bonchev–Trinajstić information content (AvgIpc) is 3.05. The summed E-state index contributed by atoms with van der Waals surface area (Å²) in [6.07, 6.45) is 0.839. The Kier molecular flexibility index (Phi) is 5.81. The summed E-state index contributed by atoms with van der Waals surface area (Å²) in [4.78, 5) is 12.6. The van der Waals surface area contributed by atoms with E-state index >= 15 is 0 Å². The third kappa shape index (κ3) is 3.83. The number of methoxy groups -OCH3 is 2. The fourth-order valence-corrected chi connectivity index (χ4v) is 3.55. The summed E-state index contributed by atoms with van der Waals surface area (Å²) in [5.41, 5.74) is 2.75. The highest BCUT2D eigenvalue weighted by molar-refractivity contribution is 5.86. The van der Waals surface area contributed by atoms with Crippen molar-refractivity contribution >= 4 is 11.5 Å². The molecular weight excluding hydrogens is 344 g/mol. The normalized spacial score (nSPS) is 21.5. The van der Waals surface area contributed by atoms with Crippen LogP contribution in [0.15, 0.2) is 54.6 Å². The highest BCUT2D eigenvalue weighted by Crippen LogP contribution is 2.46. The minimum atomic E-state index is -0.909. The summed E-state index contributed by atoms with van der Waals surface area (Å²) < 4.78 is 15.7. The maximum Gasteiger partial charge on any atom is 0.312 e. The molecule has 5 heteroatoms. The number of aliphatic hydroxyl groups is 1. The molecule has 2 aromatic rings. The lowest BCUT2D eigenvalue weighted by Crippen LogP contribution is -2.30. The van der Waals surface area contributed by atoms with Gasteiger partial charge in [-0.15, -0.1) is 0 Å². The molecule has 3 rings (SSSR count). The number of allylic oxidation sites excluding steroid dienone is 1. The van der Waals surface area contributed by atoms with E-state index in [1.165, 1.54) is 0 Å². The van der Waals surface area contributed by atoms with Gasteiger partial charge in [-0.25, -0.2) is 0 Å². The van der Waals surface area contributed by atoms with Crippen molar-refractivity contribution in [3.63, 3.8) is 0 Å². The van der Waals surface area contributed by atoms with Crippen molar-refractivity contribution < 1.29 is 24.1 Å². The van der Waals surface area contributed by atoms with Crippen molar-refractivity contribution in [3.8, 4) is 11.5 Å². The maximum absolute atomic E-state index is 12.6. The van der Waals surface area contributed by atoms with Crippen LogP contribution in [-0.2, 0) is 9.53 Å². The molecule has 0 fully saturated rings. The Labute approximate surface area is 159 Å². The minimum absolute atomic E-state index is 0.273. The van der Waals surface area contributed by atoms with Crippen molar-refractivity contribution in [3.05, 3.63) is 65.7 Å². The second-order valence-electron chi connectivity index (χ2n) is 6.37. The summed E-state index contributed by atoms with van der Waals surface area (Å²) in [6, 6.07) is 15.2. The minimum Gasteiger partial charge on any atom is -0.497 e. The van der Waals surface area contributed by atoms with Gasteiger partial charge in [0.15, 0.2) is 0 Å². The zero-order chi connectivity index (χ0) is 19.4. The van der Waals surface area contributed by atoms with Crippen molar-refractivity contribution in [1.29, 1.82) is 0 Å². The number of hydrogen-bond donors (Lipinski definition) is 1. The number of benzene rings is 2. The number of aliphatic hydroxyl groups excluding tert-OH is 1. The van der Waals surface area contributed by atoms with Gasteiger partial charge in [-0.05, 0) is 47.9 Å². The molecule has 142 valence electrons. The van der Waals surface area contributed by atoms with E-state index in [-0.39, 0.29) is 12.5 Å². The predicted molar refractivity (Wildman–Crippen MR) is 103 cm³/mol. The van der Waals surface area contributed by atoms with E-state index < -0.39 is 18.0 Å². The summed E-state index contributed by atoms with van der Waals surface area (Å²) in [5.74, 6) is 0.0974. The number of carbonyl (C=O) groups excluding carboxylic acids is 1. The van der Waals surface area contributed by atoms with E-state index in [1.807, 2.05) is 48.5 Å². The average molecular weight is 368 g/mol. The van der Waals surface area contributed by atoms with E-state index in [0.29, 0.717) is 0 Å². The second-order valence-corrected chi connectivity index (χ2v) is 6.37. The predicted octanol–water partition coefficient (Wildman–Crippen LogP) is 3.42. The molecule has 27 heavy (non-hydrogen) atoms. The van der Waals surface area contributed by atoms with Gasteiger partial charge >= 0.3 is 5.97 Å². The van der Waals surface area contributed by atoms with Crippen molar-refractivity contribution in [1.82, 2.24) is 0 Å². The SMILES string of the molecule is CCOC(=O)[C@H]1[C@H](O)C=C(c2ccc(OC)cc2)[C@@H]1c1ccc(OC)cc1. The Morgan fingerprint density at radius 2 is 1.52 bits per heavy atom. The molecule has 0 aromatic heterocycles. The summed E-state index contributed by atoms with van der Waals surface area (Å²) in [6.45, 7) is 2.04. The number of ether oxygens (including phenoxy) is 3. The highest BCUT2D eigenvalue weighted by atomic mass is 16.5. The Morgan fingerprint density at radius 1 is 0.963 bits per heavy atom. The molecule has 0 bridgehead atoms. The molecule has 1 aliphatic carbocycles. The number of esters is 1. The first-order valence-corrected chi connectivity index (χ1v) is 8.93. The zero-order valence-corrected chi connectivity index (χ0v) is 15.7. The second kappa shape index (κ2) is 8.27. The van der Waals surface area contributed by atoms with Gasteiger partial charge < -0.3 is 19.3 Å². The van der Waals surface area contributed by atoms with Crippen LogP contribution in [0.5, 0.6) is 11.5 Å². The van der Waals surface area contributed by atoms with Gasteiger partial charge in [-0.3, -0.25) is 4.79 Å². The largest absolute Gasteiger partial charge is 0.497 e. The molecule has 5 nitrogen and oxygen atoms in total. The van der Waals surface area contributed by atoms with E-state index in [0.717, 1.165) is 28.2 Å². The smallest absolute Gasteiger partial charge is 0.312 e. The molecule has 3 atom stereocenters. The molecule has 0 heterocycles. The lowest BCUT2D eigenvalue weighted by Gasteiger charge is -2.24. The van der Waals surface area contributed by atoms with Crippen molar-refractivity contribution in [2.24, 2.45) is 5.92 Å². The quantitative estimate of drug-likeness (QED) is 0.792. The van der Waals surface area contributed by atoms with Crippen LogP contribution in [0.2, 0.25) is 0 Å². The van der Waals surface area contributed by atoms with Crippen LogP contribution in [-0.4, -0.2) is 38.0 Å².